The predicted molar refractivity (Wildman–Crippen MR) is 87.1 cm³/mol. The third-order valence-electron chi connectivity index (χ3n) is 3.47. The molecule has 1 heterocycles. The van der Waals surface area contributed by atoms with Crippen LogP contribution >= 0.6 is 0 Å². The van der Waals surface area contributed by atoms with Gasteiger partial charge in [0, 0.05) is 42.8 Å². The Bertz CT molecular complexity index is 662. The number of hydrogen-bond donors (Lipinski definition) is 3. The molecule has 1 aromatic heterocycles. The average molecular weight is 313 g/mol. The molecule has 1 aliphatic carbocycles. The van der Waals surface area contributed by atoms with Crippen LogP contribution in [0.25, 0.3) is 0 Å². The number of anilines is 2. The van der Waals surface area contributed by atoms with E-state index in [1.54, 1.807) is 35.1 Å². The summed E-state index contributed by atoms with van der Waals surface area (Å²) in [6.45, 7) is 0.541. The molecule has 3 rings (SSSR count). The van der Waals surface area contributed by atoms with E-state index in [1.807, 2.05) is 12.3 Å². The zero-order valence-electron chi connectivity index (χ0n) is 12.7. The molecule has 120 valence electrons. The summed E-state index contributed by atoms with van der Waals surface area (Å²) in [6.07, 6.45) is 5.96. The van der Waals surface area contributed by atoms with Crippen molar-refractivity contribution in [1.82, 2.24) is 15.1 Å². The molecule has 1 fully saturated rings. The van der Waals surface area contributed by atoms with Crippen molar-refractivity contribution in [3.63, 3.8) is 0 Å². The van der Waals surface area contributed by atoms with Crippen LogP contribution in [0.3, 0.4) is 0 Å². The molecule has 1 aliphatic rings. The van der Waals surface area contributed by atoms with Gasteiger partial charge in [-0.1, -0.05) is 0 Å². The minimum Gasteiger partial charge on any atom is -0.335 e. The Hall–Kier alpha value is -2.83. The number of aryl methyl sites for hydroxylation is 1. The molecule has 0 unspecified atom stereocenters. The van der Waals surface area contributed by atoms with Crippen molar-refractivity contribution in [2.45, 2.75) is 31.8 Å². The Balaban J connectivity index is 1.44. The van der Waals surface area contributed by atoms with Crippen LogP contribution in [0.1, 0.15) is 19.3 Å². The van der Waals surface area contributed by atoms with Crippen molar-refractivity contribution >= 4 is 23.3 Å². The fourth-order valence-electron chi connectivity index (χ4n) is 2.09. The summed E-state index contributed by atoms with van der Waals surface area (Å²) in [4.78, 5) is 23.5. The average Bonchev–Trinajstić information content (AvgIpc) is 3.18. The molecule has 23 heavy (non-hydrogen) atoms. The Morgan fingerprint density at radius 1 is 1.13 bits per heavy atom. The van der Waals surface area contributed by atoms with Gasteiger partial charge >= 0.3 is 6.03 Å². The highest BCUT2D eigenvalue weighted by molar-refractivity contribution is 5.92. The van der Waals surface area contributed by atoms with Crippen LogP contribution in [-0.2, 0) is 11.3 Å². The van der Waals surface area contributed by atoms with Gasteiger partial charge in [-0.3, -0.25) is 9.48 Å². The smallest absolute Gasteiger partial charge is 0.319 e. The lowest BCUT2D eigenvalue weighted by molar-refractivity contribution is -0.116. The van der Waals surface area contributed by atoms with E-state index in [4.69, 9.17) is 0 Å². The summed E-state index contributed by atoms with van der Waals surface area (Å²) >= 11 is 0. The Labute approximate surface area is 134 Å². The predicted octanol–water partition coefficient (Wildman–Crippen LogP) is 2.20. The summed E-state index contributed by atoms with van der Waals surface area (Å²) in [5, 5.41) is 12.5. The number of carbonyl (C=O) groups excluding carboxylic acids is 2. The molecule has 0 bridgehead atoms. The van der Waals surface area contributed by atoms with Gasteiger partial charge in [0.25, 0.3) is 0 Å². The first-order valence-corrected chi connectivity index (χ1v) is 7.64. The molecule has 0 saturated heterocycles. The zero-order valence-corrected chi connectivity index (χ0v) is 12.7. The maximum Gasteiger partial charge on any atom is 0.319 e. The van der Waals surface area contributed by atoms with Crippen LogP contribution in [0.5, 0.6) is 0 Å². The second-order valence-electron chi connectivity index (χ2n) is 5.52. The molecule has 1 saturated carbocycles. The van der Waals surface area contributed by atoms with E-state index in [1.165, 1.54) is 0 Å². The minimum absolute atomic E-state index is 0.0762. The number of benzene rings is 1. The Morgan fingerprint density at radius 3 is 2.43 bits per heavy atom. The Morgan fingerprint density at radius 2 is 1.83 bits per heavy atom. The topological polar surface area (TPSA) is 88.1 Å². The van der Waals surface area contributed by atoms with Crippen molar-refractivity contribution in [3.05, 3.63) is 42.7 Å². The highest BCUT2D eigenvalue weighted by atomic mass is 16.2. The van der Waals surface area contributed by atoms with E-state index < -0.39 is 0 Å². The normalized spacial score (nSPS) is 13.4. The van der Waals surface area contributed by atoms with Gasteiger partial charge in [-0.05, 0) is 43.2 Å². The molecule has 0 spiro atoms. The fourth-order valence-corrected chi connectivity index (χ4v) is 2.09. The van der Waals surface area contributed by atoms with Crippen molar-refractivity contribution in [1.29, 1.82) is 0 Å². The third kappa shape index (κ3) is 4.84. The summed E-state index contributed by atoms with van der Waals surface area (Å²) in [5.74, 6) is -0.0762. The lowest BCUT2D eigenvalue weighted by Crippen LogP contribution is -2.30. The first-order valence-electron chi connectivity index (χ1n) is 7.64. The van der Waals surface area contributed by atoms with Crippen molar-refractivity contribution < 1.29 is 9.59 Å². The van der Waals surface area contributed by atoms with Crippen LogP contribution in [-0.4, -0.2) is 27.8 Å². The van der Waals surface area contributed by atoms with E-state index in [0.29, 0.717) is 30.4 Å². The summed E-state index contributed by atoms with van der Waals surface area (Å²) < 4.78 is 1.71. The first-order chi connectivity index (χ1) is 11.2. The van der Waals surface area contributed by atoms with Crippen LogP contribution in [0, 0.1) is 0 Å². The summed E-state index contributed by atoms with van der Waals surface area (Å²) in [7, 11) is 0. The quantitative estimate of drug-likeness (QED) is 0.764. The third-order valence-corrected chi connectivity index (χ3v) is 3.47. The maximum atomic E-state index is 11.9. The number of hydrogen-bond acceptors (Lipinski definition) is 3. The van der Waals surface area contributed by atoms with E-state index in [2.05, 4.69) is 21.0 Å². The van der Waals surface area contributed by atoms with Gasteiger partial charge in [0.15, 0.2) is 0 Å². The van der Waals surface area contributed by atoms with E-state index in [-0.39, 0.29) is 11.9 Å². The highest BCUT2D eigenvalue weighted by Crippen LogP contribution is 2.19. The zero-order chi connectivity index (χ0) is 16.1. The standard InChI is InChI=1S/C16H19N5O2/c22-15(8-11-21-10-1-9-17-21)18-12-2-4-13(5-3-12)19-16(23)20-14-6-7-14/h1-5,9-10,14H,6-8,11H2,(H,18,22)(H2,19,20,23). The van der Waals surface area contributed by atoms with Crippen LogP contribution < -0.4 is 16.0 Å². The number of urea groups is 1. The highest BCUT2D eigenvalue weighted by Gasteiger charge is 2.23. The van der Waals surface area contributed by atoms with Gasteiger partial charge in [0.2, 0.25) is 5.91 Å². The van der Waals surface area contributed by atoms with E-state index in [9.17, 15) is 9.59 Å². The molecule has 0 atom stereocenters. The van der Waals surface area contributed by atoms with Crippen molar-refractivity contribution in [2.75, 3.05) is 10.6 Å². The number of nitrogens with one attached hydrogen (secondary N) is 3. The van der Waals surface area contributed by atoms with Gasteiger partial charge in [0.1, 0.15) is 0 Å². The Kier molecular flexibility index (Phi) is 4.56. The molecule has 0 aliphatic heterocycles. The lowest BCUT2D eigenvalue weighted by atomic mass is 10.2. The van der Waals surface area contributed by atoms with Gasteiger partial charge in [0.05, 0.1) is 0 Å². The first kappa shape index (κ1) is 15.1. The van der Waals surface area contributed by atoms with Crippen LogP contribution in [0.2, 0.25) is 0 Å². The largest absolute Gasteiger partial charge is 0.335 e. The van der Waals surface area contributed by atoms with Crippen molar-refractivity contribution in [3.8, 4) is 0 Å². The summed E-state index contributed by atoms with van der Waals surface area (Å²) in [5.41, 5.74) is 1.39. The summed E-state index contributed by atoms with van der Waals surface area (Å²) in [6, 6.07) is 9.00. The number of nitrogens with zero attached hydrogens (tertiary/aromatic N) is 2. The second kappa shape index (κ2) is 6.95. The second-order valence-corrected chi connectivity index (χ2v) is 5.52. The number of aromatic nitrogens is 2. The maximum absolute atomic E-state index is 11.9. The molecule has 1 aromatic carbocycles. The van der Waals surface area contributed by atoms with Crippen LogP contribution in [0.4, 0.5) is 16.2 Å². The van der Waals surface area contributed by atoms with E-state index >= 15 is 0 Å². The number of carbonyl (C=O) groups is 2. The molecular formula is C16H19N5O2. The SMILES string of the molecule is O=C(CCn1cccn1)Nc1ccc(NC(=O)NC2CC2)cc1. The van der Waals surface area contributed by atoms with Gasteiger partial charge in [-0.2, -0.15) is 5.10 Å². The lowest BCUT2D eigenvalue weighted by Gasteiger charge is -2.09. The molecule has 3 N–H and O–H groups in total. The molecule has 3 amide bonds. The van der Waals surface area contributed by atoms with Gasteiger partial charge < -0.3 is 16.0 Å². The fraction of sp³-hybridized carbons (Fsp3) is 0.312. The molecule has 7 nitrogen and oxygen atoms in total. The molecule has 7 heteroatoms. The number of rotatable bonds is 6. The molecule has 0 radical (unpaired) electrons. The number of amides is 3. The van der Waals surface area contributed by atoms with Crippen LogP contribution in [0.15, 0.2) is 42.7 Å². The monoisotopic (exact) mass is 313 g/mol. The van der Waals surface area contributed by atoms with E-state index in [0.717, 1.165) is 12.8 Å². The molecular weight excluding hydrogens is 294 g/mol. The van der Waals surface area contributed by atoms with Crippen molar-refractivity contribution in [2.24, 2.45) is 0 Å². The molecule has 2 aromatic rings. The minimum atomic E-state index is -0.191. The van der Waals surface area contributed by atoms with Gasteiger partial charge in [-0.25, -0.2) is 4.79 Å². The van der Waals surface area contributed by atoms with Gasteiger partial charge in [-0.15, -0.1) is 0 Å².